The Balaban J connectivity index is 2.06. The maximum atomic E-state index is 11.3. The molecule has 1 atom stereocenters. The lowest BCUT2D eigenvalue weighted by Gasteiger charge is -2.18. The van der Waals surface area contributed by atoms with E-state index in [0.717, 1.165) is 5.69 Å². The van der Waals surface area contributed by atoms with Crippen molar-refractivity contribution in [2.24, 2.45) is 0 Å². The van der Waals surface area contributed by atoms with Crippen molar-refractivity contribution in [1.29, 1.82) is 0 Å². The number of nitrogens with zero attached hydrogens (tertiary/aromatic N) is 1. The summed E-state index contributed by atoms with van der Waals surface area (Å²) in [6, 6.07) is 9.54. The predicted octanol–water partition coefficient (Wildman–Crippen LogP) is 0.639. The zero-order valence-corrected chi connectivity index (χ0v) is 8.47. The van der Waals surface area contributed by atoms with Gasteiger partial charge in [-0.1, -0.05) is 18.2 Å². The fourth-order valence-corrected chi connectivity index (χ4v) is 1.46. The molecule has 0 radical (unpaired) electrons. The summed E-state index contributed by atoms with van der Waals surface area (Å²) in [4.78, 5) is 11.3. The maximum Gasteiger partial charge on any atom is 0.242 e. The van der Waals surface area contributed by atoms with Crippen LogP contribution in [0, 0.1) is 0 Å². The van der Waals surface area contributed by atoms with E-state index in [9.17, 15) is 4.79 Å². The molecule has 78 valence electrons. The van der Waals surface area contributed by atoms with Crippen molar-refractivity contribution in [3.63, 3.8) is 0 Å². The molecular weight excluding hydrogens is 190 g/mol. The number of carbonyl (C=O) groups is 1. The number of amides is 1. The molecule has 2 rings (SSSR count). The van der Waals surface area contributed by atoms with Crippen molar-refractivity contribution in [2.75, 3.05) is 12.1 Å². The van der Waals surface area contributed by atoms with Crippen molar-refractivity contribution in [1.82, 2.24) is 10.7 Å². The van der Waals surface area contributed by atoms with E-state index in [4.69, 9.17) is 0 Å². The van der Waals surface area contributed by atoms with Crippen LogP contribution in [0.4, 0.5) is 5.69 Å². The molecule has 1 aromatic rings. The van der Waals surface area contributed by atoms with Crippen LogP contribution in [0.5, 0.6) is 0 Å². The second-order valence-electron chi connectivity index (χ2n) is 3.27. The maximum absolute atomic E-state index is 11.3. The molecule has 0 fully saturated rings. The average molecular weight is 203 g/mol. The number of anilines is 1. The molecule has 0 aromatic heterocycles. The summed E-state index contributed by atoms with van der Waals surface area (Å²) >= 11 is 0. The van der Waals surface area contributed by atoms with Crippen LogP contribution in [0.1, 0.15) is 0 Å². The summed E-state index contributed by atoms with van der Waals surface area (Å²) in [7, 11) is 1.63. The van der Waals surface area contributed by atoms with E-state index in [1.165, 1.54) is 0 Å². The molecule has 1 aliphatic heterocycles. The summed E-state index contributed by atoms with van der Waals surface area (Å²) in [5.41, 5.74) is 4.08. The fourth-order valence-electron chi connectivity index (χ4n) is 1.46. The Hall–Kier alpha value is -1.81. The number of likely N-dealkylation sites (N-methyl/N-ethyl adjacent to an activating group) is 1. The molecule has 0 saturated carbocycles. The minimum Gasteiger partial charge on any atom is -0.357 e. The van der Waals surface area contributed by atoms with Gasteiger partial charge >= 0.3 is 0 Å². The Kier molecular flexibility index (Phi) is 2.69. The van der Waals surface area contributed by atoms with Gasteiger partial charge in [0, 0.05) is 13.2 Å². The number of rotatable bonds is 2. The molecule has 1 aliphatic rings. The monoisotopic (exact) mass is 203 g/mol. The SMILES string of the molecule is CNC(=O)C1C=CN(c2ccccc2)N1. The molecule has 1 heterocycles. The lowest BCUT2D eigenvalue weighted by atomic mass is 10.3. The van der Waals surface area contributed by atoms with Gasteiger partial charge in [-0.25, -0.2) is 5.43 Å². The lowest BCUT2D eigenvalue weighted by Crippen LogP contribution is -2.44. The molecule has 4 heteroatoms. The second kappa shape index (κ2) is 4.14. The van der Waals surface area contributed by atoms with E-state index < -0.39 is 0 Å². The van der Waals surface area contributed by atoms with Crippen molar-refractivity contribution in [3.8, 4) is 0 Å². The average Bonchev–Trinajstić information content (AvgIpc) is 2.78. The third-order valence-electron chi connectivity index (χ3n) is 2.27. The van der Waals surface area contributed by atoms with Crippen LogP contribution >= 0.6 is 0 Å². The summed E-state index contributed by atoms with van der Waals surface area (Å²) in [6.45, 7) is 0. The molecule has 0 saturated heterocycles. The van der Waals surface area contributed by atoms with Gasteiger partial charge in [-0.3, -0.25) is 9.80 Å². The van der Waals surface area contributed by atoms with Crippen LogP contribution < -0.4 is 15.8 Å². The third-order valence-corrected chi connectivity index (χ3v) is 2.27. The van der Waals surface area contributed by atoms with E-state index >= 15 is 0 Å². The molecule has 1 amide bonds. The van der Waals surface area contributed by atoms with Crippen LogP contribution in [-0.4, -0.2) is 19.0 Å². The molecule has 0 bridgehead atoms. The van der Waals surface area contributed by atoms with E-state index in [1.807, 2.05) is 47.6 Å². The van der Waals surface area contributed by atoms with Gasteiger partial charge in [0.15, 0.2) is 0 Å². The van der Waals surface area contributed by atoms with E-state index in [0.29, 0.717) is 0 Å². The summed E-state index contributed by atoms with van der Waals surface area (Å²) in [6.07, 6.45) is 3.68. The Morgan fingerprint density at radius 2 is 2.13 bits per heavy atom. The zero-order chi connectivity index (χ0) is 10.7. The van der Waals surface area contributed by atoms with Crippen LogP contribution in [0.15, 0.2) is 42.6 Å². The first-order valence-corrected chi connectivity index (χ1v) is 4.81. The van der Waals surface area contributed by atoms with Gasteiger partial charge in [0.1, 0.15) is 6.04 Å². The minimum absolute atomic E-state index is 0.0373. The number of hydrogen-bond donors (Lipinski definition) is 2. The number of nitrogens with one attached hydrogen (secondary N) is 2. The van der Waals surface area contributed by atoms with Crippen LogP contribution in [-0.2, 0) is 4.79 Å². The van der Waals surface area contributed by atoms with Gasteiger partial charge in [-0.2, -0.15) is 0 Å². The zero-order valence-electron chi connectivity index (χ0n) is 8.47. The van der Waals surface area contributed by atoms with Gasteiger partial charge in [0.25, 0.3) is 0 Å². The van der Waals surface area contributed by atoms with Crippen molar-refractivity contribution < 1.29 is 4.79 Å². The van der Waals surface area contributed by atoms with Crippen molar-refractivity contribution in [2.45, 2.75) is 6.04 Å². The second-order valence-corrected chi connectivity index (χ2v) is 3.27. The van der Waals surface area contributed by atoms with Crippen LogP contribution in [0.25, 0.3) is 0 Å². The minimum atomic E-state index is -0.282. The Bertz CT molecular complexity index is 375. The van der Waals surface area contributed by atoms with E-state index in [-0.39, 0.29) is 11.9 Å². The third kappa shape index (κ3) is 1.99. The highest BCUT2D eigenvalue weighted by molar-refractivity contribution is 5.84. The molecule has 15 heavy (non-hydrogen) atoms. The summed E-state index contributed by atoms with van der Waals surface area (Å²) in [5.74, 6) is -0.0373. The fraction of sp³-hybridized carbons (Fsp3) is 0.182. The number of carbonyl (C=O) groups excluding carboxylic acids is 1. The summed E-state index contributed by atoms with van der Waals surface area (Å²) < 4.78 is 0. The van der Waals surface area contributed by atoms with Gasteiger partial charge in [-0.15, -0.1) is 0 Å². The Morgan fingerprint density at radius 3 is 2.80 bits per heavy atom. The highest BCUT2D eigenvalue weighted by atomic mass is 16.2. The van der Waals surface area contributed by atoms with Gasteiger partial charge in [0.05, 0.1) is 5.69 Å². The van der Waals surface area contributed by atoms with Crippen molar-refractivity contribution >= 4 is 11.6 Å². The highest BCUT2D eigenvalue weighted by Crippen LogP contribution is 2.15. The Labute approximate surface area is 88.6 Å². The number of para-hydroxylation sites is 1. The molecule has 1 unspecified atom stereocenters. The largest absolute Gasteiger partial charge is 0.357 e. The summed E-state index contributed by atoms with van der Waals surface area (Å²) in [5, 5.41) is 4.43. The molecular formula is C11H13N3O. The van der Waals surface area contributed by atoms with Crippen molar-refractivity contribution in [3.05, 3.63) is 42.6 Å². The van der Waals surface area contributed by atoms with Crippen LogP contribution in [0.3, 0.4) is 0 Å². The van der Waals surface area contributed by atoms with Gasteiger partial charge in [-0.05, 0) is 18.2 Å². The molecule has 2 N–H and O–H groups in total. The Morgan fingerprint density at radius 1 is 1.40 bits per heavy atom. The van der Waals surface area contributed by atoms with Crippen LogP contribution in [0.2, 0.25) is 0 Å². The number of hydrazine groups is 1. The number of benzene rings is 1. The molecule has 0 aliphatic carbocycles. The van der Waals surface area contributed by atoms with Gasteiger partial charge in [0.2, 0.25) is 5.91 Å². The predicted molar refractivity (Wildman–Crippen MR) is 59.1 cm³/mol. The first-order valence-electron chi connectivity index (χ1n) is 4.81. The first kappa shape index (κ1) is 9.73. The first-order chi connectivity index (χ1) is 7.31. The normalized spacial score (nSPS) is 19.3. The quantitative estimate of drug-likeness (QED) is 0.741. The molecule has 1 aromatic carbocycles. The topological polar surface area (TPSA) is 44.4 Å². The van der Waals surface area contributed by atoms with E-state index in [1.54, 1.807) is 7.05 Å². The molecule has 0 spiro atoms. The van der Waals surface area contributed by atoms with E-state index in [2.05, 4.69) is 10.7 Å². The smallest absolute Gasteiger partial charge is 0.242 e. The number of hydrogen-bond acceptors (Lipinski definition) is 3. The molecule has 4 nitrogen and oxygen atoms in total. The standard InChI is InChI=1S/C11H13N3O/c1-12-11(15)10-7-8-14(13-10)9-5-3-2-4-6-9/h2-8,10,13H,1H3,(H,12,15). The van der Waals surface area contributed by atoms with Gasteiger partial charge < -0.3 is 5.32 Å². The lowest BCUT2D eigenvalue weighted by molar-refractivity contribution is -0.121. The highest BCUT2D eigenvalue weighted by Gasteiger charge is 2.21.